The van der Waals surface area contributed by atoms with Crippen LogP contribution < -0.4 is 10.2 Å². The first-order chi connectivity index (χ1) is 12.8. The second-order valence-electron chi connectivity index (χ2n) is 6.10. The number of rotatable bonds is 4. The molecule has 0 atom stereocenters. The zero-order valence-corrected chi connectivity index (χ0v) is 15.8. The van der Waals surface area contributed by atoms with E-state index in [1.165, 1.54) is 31.4 Å². The van der Waals surface area contributed by atoms with Gasteiger partial charge in [-0.1, -0.05) is 17.7 Å². The Morgan fingerprint density at radius 3 is 2.26 bits per heavy atom. The maximum Gasteiger partial charge on any atom is 0.337 e. The number of methoxy groups -OCH3 is 1. The maximum atomic E-state index is 12.8. The van der Waals surface area contributed by atoms with Crippen LogP contribution in [0.2, 0.25) is 0 Å². The van der Waals surface area contributed by atoms with Crippen molar-refractivity contribution in [3.05, 3.63) is 69.9 Å². The van der Waals surface area contributed by atoms with E-state index >= 15 is 0 Å². The van der Waals surface area contributed by atoms with E-state index in [0.29, 0.717) is 16.9 Å². The normalized spacial score (nSPS) is 14.0. The van der Waals surface area contributed by atoms with Gasteiger partial charge in [-0.15, -0.1) is 0 Å². The van der Waals surface area contributed by atoms with Crippen LogP contribution in [0.1, 0.15) is 21.5 Å². The number of anilines is 2. The minimum atomic E-state index is -0.626. The summed E-state index contributed by atoms with van der Waals surface area (Å²) in [5.41, 5.74) is 3.46. The van der Waals surface area contributed by atoms with Crippen molar-refractivity contribution in [1.82, 2.24) is 0 Å². The molecular formula is C20H17ClN2O4. The molecule has 0 bridgehead atoms. The Kier molecular flexibility index (Phi) is 5.01. The van der Waals surface area contributed by atoms with E-state index in [-0.39, 0.29) is 10.7 Å². The molecule has 0 spiro atoms. The molecule has 0 radical (unpaired) electrons. The van der Waals surface area contributed by atoms with Crippen molar-refractivity contribution >= 4 is 40.8 Å². The molecule has 1 aliphatic rings. The van der Waals surface area contributed by atoms with Crippen molar-refractivity contribution in [1.29, 1.82) is 0 Å². The molecule has 2 aromatic carbocycles. The summed E-state index contributed by atoms with van der Waals surface area (Å²) in [6, 6.07) is 11.5. The highest BCUT2D eigenvalue weighted by atomic mass is 35.5. The molecule has 0 aromatic heterocycles. The highest BCUT2D eigenvalue weighted by molar-refractivity contribution is 6.53. The van der Waals surface area contributed by atoms with Crippen molar-refractivity contribution in [3.63, 3.8) is 0 Å². The Bertz CT molecular complexity index is 980. The number of ether oxygens (including phenoxy) is 1. The SMILES string of the molecule is COC(=O)c1ccc(N2C(=O)C(Cl)=C(Nc3ccc(C)c(C)c3)C2=O)cc1. The monoisotopic (exact) mass is 384 g/mol. The van der Waals surface area contributed by atoms with Crippen molar-refractivity contribution in [2.45, 2.75) is 13.8 Å². The second kappa shape index (κ2) is 7.25. The lowest BCUT2D eigenvalue weighted by molar-refractivity contribution is -0.120. The minimum absolute atomic E-state index is 0.0157. The van der Waals surface area contributed by atoms with Crippen LogP contribution in [-0.4, -0.2) is 24.9 Å². The largest absolute Gasteiger partial charge is 0.465 e. The van der Waals surface area contributed by atoms with Gasteiger partial charge in [0.2, 0.25) is 0 Å². The number of hydrogen-bond donors (Lipinski definition) is 1. The Hall–Kier alpha value is -3.12. The van der Waals surface area contributed by atoms with Gasteiger partial charge in [-0.2, -0.15) is 0 Å². The highest BCUT2D eigenvalue weighted by Gasteiger charge is 2.39. The molecule has 2 amide bonds. The standard InChI is InChI=1S/C20H17ClN2O4/c1-11-4-7-14(10-12(11)2)22-17-16(21)18(24)23(19(17)25)15-8-5-13(6-9-15)20(26)27-3/h4-10,22H,1-3H3. The molecule has 1 aliphatic heterocycles. The average Bonchev–Trinajstić information content (AvgIpc) is 2.87. The molecule has 1 heterocycles. The summed E-state index contributed by atoms with van der Waals surface area (Å²) in [7, 11) is 1.28. The molecule has 1 N–H and O–H groups in total. The number of benzene rings is 2. The van der Waals surface area contributed by atoms with Crippen LogP contribution in [0.5, 0.6) is 0 Å². The second-order valence-corrected chi connectivity index (χ2v) is 6.48. The zero-order chi connectivity index (χ0) is 19.7. The summed E-state index contributed by atoms with van der Waals surface area (Å²) in [6.45, 7) is 3.93. The third-order valence-electron chi connectivity index (χ3n) is 4.35. The average molecular weight is 385 g/mol. The number of hydrogen-bond acceptors (Lipinski definition) is 5. The lowest BCUT2D eigenvalue weighted by atomic mass is 10.1. The molecule has 2 aromatic rings. The lowest BCUT2D eigenvalue weighted by Crippen LogP contribution is -2.32. The summed E-state index contributed by atoms with van der Waals surface area (Å²) < 4.78 is 4.64. The smallest absolute Gasteiger partial charge is 0.337 e. The molecule has 0 saturated carbocycles. The number of esters is 1. The van der Waals surface area contributed by atoms with Gasteiger partial charge in [0, 0.05) is 5.69 Å². The summed E-state index contributed by atoms with van der Waals surface area (Å²) in [4.78, 5) is 37.8. The van der Waals surface area contributed by atoms with Crippen molar-refractivity contribution < 1.29 is 19.1 Å². The van der Waals surface area contributed by atoms with Gasteiger partial charge in [-0.3, -0.25) is 9.59 Å². The van der Waals surface area contributed by atoms with Crippen LogP contribution in [0.4, 0.5) is 11.4 Å². The number of amides is 2. The Balaban J connectivity index is 1.87. The van der Waals surface area contributed by atoms with Gasteiger partial charge in [0.25, 0.3) is 11.8 Å². The van der Waals surface area contributed by atoms with E-state index in [2.05, 4.69) is 10.1 Å². The Labute approximate surface area is 161 Å². The Morgan fingerprint density at radius 2 is 1.67 bits per heavy atom. The van der Waals surface area contributed by atoms with Gasteiger partial charge in [-0.25, -0.2) is 9.69 Å². The third kappa shape index (κ3) is 3.44. The van der Waals surface area contributed by atoms with Crippen LogP contribution >= 0.6 is 11.6 Å². The van der Waals surface area contributed by atoms with Crippen LogP contribution in [0.15, 0.2) is 53.2 Å². The van der Waals surface area contributed by atoms with E-state index in [4.69, 9.17) is 11.6 Å². The number of nitrogens with one attached hydrogen (secondary N) is 1. The lowest BCUT2D eigenvalue weighted by Gasteiger charge is -2.15. The third-order valence-corrected chi connectivity index (χ3v) is 4.70. The van der Waals surface area contributed by atoms with Crippen LogP contribution in [-0.2, 0) is 14.3 Å². The van der Waals surface area contributed by atoms with E-state index in [1.807, 2.05) is 32.0 Å². The maximum absolute atomic E-state index is 12.8. The zero-order valence-electron chi connectivity index (χ0n) is 15.0. The number of halogens is 1. The molecular weight excluding hydrogens is 368 g/mol. The summed E-state index contributed by atoms with van der Waals surface area (Å²) in [6.07, 6.45) is 0. The first-order valence-electron chi connectivity index (χ1n) is 8.14. The summed E-state index contributed by atoms with van der Waals surface area (Å²) in [5, 5.41) is 2.75. The number of carbonyl (C=O) groups excluding carboxylic acids is 3. The van der Waals surface area contributed by atoms with Crippen LogP contribution in [0.25, 0.3) is 0 Å². The van der Waals surface area contributed by atoms with Gasteiger partial charge in [0.05, 0.1) is 18.4 Å². The molecule has 6 nitrogen and oxygen atoms in total. The predicted molar refractivity (Wildman–Crippen MR) is 103 cm³/mol. The van der Waals surface area contributed by atoms with E-state index in [9.17, 15) is 14.4 Å². The van der Waals surface area contributed by atoms with Gasteiger partial charge in [-0.05, 0) is 61.4 Å². The minimum Gasteiger partial charge on any atom is -0.465 e. The van der Waals surface area contributed by atoms with Crippen molar-refractivity contribution in [2.24, 2.45) is 0 Å². The van der Waals surface area contributed by atoms with Gasteiger partial charge < -0.3 is 10.1 Å². The molecule has 0 unspecified atom stereocenters. The molecule has 3 rings (SSSR count). The molecule has 0 saturated heterocycles. The molecule has 27 heavy (non-hydrogen) atoms. The van der Waals surface area contributed by atoms with E-state index < -0.39 is 17.8 Å². The predicted octanol–water partition coefficient (Wildman–Crippen LogP) is 3.53. The fraction of sp³-hybridized carbons (Fsp3) is 0.150. The first-order valence-corrected chi connectivity index (χ1v) is 8.52. The van der Waals surface area contributed by atoms with Gasteiger partial charge in [0.1, 0.15) is 10.7 Å². The van der Waals surface area contributed by atoms with E-state index in [1.54, 1.807) is 0 Å². The van der Waals surface area contributed by atoms with Gasteiger partial charge >= 0.3 is 5.97 Å². The quantitative estimate of drug-likeness (QED) is 0.644. The van der Waals surface area contributed by atoms with Crippen LogP contribution in [0.3, 0.4) is 0 Å². The summed E-state index contributed by atoms with van der Waals surface area (Å²) in [5.74, 6) is -1.69. The Morgan fingerprint density at radius 1 is 1.00 bits per heavy atom. The van der Waals surface area contributed by atoms with Crippen LogP contribution in [0, 0.1) is 13.8 Å². The van der Waals surface area contributed by atoms with Crippen molar-refractivity contribution in [3.8, 4) is 0 Å². The molecule has 7 heteroatoms. The number of nitrogens with zero attached hydrogens (tertiary/aromatic N) is 1. The molecule has 0 aliphatic carbocycles. The number of imide groups is 1. The fourth-order valence-corrected chi connectivity index (χ4v) is 2.89. The molecule has 138 valence electrons. The topological polar surface area (TPSA) is 75.7 Å². The van der Waals surface area contributed by atoms with Gasteiger partial charge in [0.15, 0.2) is 0 Å². The highest BCUT2D eigenvalue weighted by Crippen LogP contribution is 2.30. The summed E-state index contributed by atoms with van der Waals surface area (Å²) >= 11 is 6.12. The number of aryl methyl sites for hydroxylation is 2. The van der Waals surface area contributed by atoms with Crippen molar-refractivity contribution in [2.75, 3.05) is 17.3 Å². The number of carbonyl (C=O) groups is 3. The fourth-order valence-electron chi connectivity index (χ4n) is 2.67. The first kappa shape index (κ1) is 18.7. The van der Waals surface area contributed by atoms with E-state index in [0.717, 1.165) is 16.0 Å². The molecule has 0 fully saturated rings.